The van der Waals surface area contributed by atoms with Gasteiger partial charge in [0, 0.05) is 28.1 Å². The lowest BCUT2D eigenvalue weighted by Gasteiger charge is -2.27. The van der Waals surface area contributed by atoms with Crippen molar-refractivity contribution in [1.82, 2.24) is 0 Å². The minimum absolute atomic E-state index is 0.346. The van der Waals surface area contributed by atoms with Gasteiger partial charge < -0.3 is 0 Å². The Bertz CT molecular complexity index is 1160. The van der Waals surface area contributed by atoms with E-state index in [1.807, 2.05) is 11.8 Å². The van der Waals surface area contributed by atoms with Gasteiger partial charge in [0.15, 0.2) is 0 Å². The van der Waals surface area contributed by atoms with E-state index >= 15 is 0 Å². The van der Waals surface area contributed by atoms with Gasteiger partial charge >= 0.3 is 0 Å². The van der Waals surface area contributed by atoms with Gasteiger partial charge in [-0.25, -0.2) is 0 Å². The summed E-state index contributed by atoms with van der Waals surface area (Å²) in [6, 6.07) is 28.1. The number of thioether (sulfide) groups is 1. The fourth-order valence-electron chi connectivity index (χ4n) is 4.32. The van der Waals surface area contributed by atoms with Crippen molar-refractivity contribution >= 4 is 23.2 Å². The van der Waals surface area contributed by atoms with E-state index in [1.165, 1.54) is 37.8 Å². The average molecular weight is 408 g/mol. The molecule has 2 aliphatic rings. The van der Waals surface area contributed by atoms with Crippen LogP contribution in [0.5, 0.6) is 0 Å². The molecule has 2 unspecified atom stereocenters. The zero-order valence-electron chi connectivity index (χ0n) is 17.4. The molecule has 1 aliphatic heterocycles. The van der Waals surface area contributed by atoms with Crippen molar-refractivity contribution in [3.63, 3.8) is 0 Å². The standard InChI is InChI=1S/C28H25NS/c1-19(21-10-5-3-6-11-21)23-16-17-27-26(18-23)29-25-15-9-14-24(28(25)30-27)20(2)22-12-7-4-8-13-22/h3-17,19-20H,18H2,1-2H3. The van der Waals surface area contributed by atoms with Crippen LogP contribution in [0.15, 0.2) is 111 Å². The number of nitrogens with zero attached hydrogens (tertiary/aromatic N) is 1. The Labute approximate surface area is 183 Å². The topological polar surface area (TPSA) is 12.4 Å². The molecule has 3 aromatic rings. The summed E-state index contributed by atoms with van der Waals surface area (Å²) in [5, 5.41) is 0. The quantitative estimate of drug-likeness (QED) is 0.426. The van der Waals surface area contributed by atoms with Gasteiger partial charge in [-0.3, -0.25) is 4.99 Å². The van der Waals surface area contributed by atoms with E-state index in [0.717, 1.165) is 12.1 Å². The van der Waals surface area contributed by atoms with Crippen molar-refractivity contribution in [3.05, 3.63) is 118 Å². The minimum Gasteiger partial charge on any atom is -0.251 e. The molecular formula is C28H25NS. The molecule has 1 nitrogen and oxygen atoms in total. The van der Waals surface area contributed by atoms with Crippen LogP contribution in [0, 0.1) is 0 Å². The molecular weight excluding hydrogens is 382 g/mol. The van der Waals surface area contributed by atoms with E-state index in [1.54, 1.807) is 0 Å². The highest BCUT2D eigenvalue weighted by molar-refractivity contribution is 8.04. The Balaban J connectivity index is 1.47. The van der Waals surface area contributed by atoms with E-state index in [0.29, 0.717) is 11.8 Å². The van der Waals surface area contributed by atoms with E-state index in [4.69, 9.17) is 4.99 Å². The second kappa shape index (κ2) is 8.12. The molecule has 1 aliphatic carbocycles. The molecule has 0 saturated heterocycles. The Morgan fingerprint density at radius 1 is 0.733 bits per heavy atom. The summed E-state index contributed by atoms with van der Waals surface area (Å²) >= 11 is 1.89. The molecule has 2 heteroatoms. The normalized spacial score (nSPS) is 17.1. The maximum Gasteiger partial charge on any atom is 0.0775 e. The van der Waals surface area contributed by atoms with E-state index in [-0.39, 0.29) is 0 Å². The molecule has 2 atom stereocenters. The highest BCUT2D eigenvalue weighted by Gasteiger charge is 2.26. The average Bonchev–Trinajstić information content (AvgIpc) is 2.82. The van der Waals surface area contributed by atoms with Crippen LogP contribution < -0.4 is 0 Å². The fourth-order valence-corrected chi connectivity index (χ4v) is 5.49. The smallest absolute Gasteiger partial charge is 0.0775 e. The summed E-state index contributed by atoms with van der Waals surface area (Å²) in [5.41, 5.74) is 7.82. The van der Waals surface area contributed by atoms with Gasteiger partial charge in [-0.15, -0.1) is 0 Å². The lowest BCUT2D eigenvalue weighted by atomic mass is 9.87. The number of fused-ring (bicyclic) bond motifs is 2. The summed E-state index contributed by atoms with van der Waals surface area (Å²) in [6.07, 6.45) is 5.51. The zero-order valence-corrected chi connectivity index (χ0v) is 18.2. The summed E-state index contributed by atoms with van der Waals surface area (Å²) in [6.45, 7) is 4.59. The van der Waals surface area contributed by atoms with Crippen LogP contribution in [0.4, 0.5) is 5.69 Å². The third kappa shape index (κ3) is 3.57. The SMILES string of the molecule is CC(C1=CC=C2Sc3c(cccc3C(C)c3ccccc3)N=C2C1)c1ccccc1. The summed E-state index contributed by atoms with van der Waals surface area (Å²) in [7, 11) is 0. The number of hydrogen-bond donors (Lipinski definition) is 0. The van der Waals surface area contributed by atoms with Crippen molar-refractivity contribution in [3.8, 4) is 0 Å². The summed E-state index contributed by atoms with van der Waals surface area (Å²) < 4.78 is 0. The second-order valence-corrected chi connectivity index (χ2v) is 9.12. The molecule has 0 bridgehead atoms. The Morgan fingerprint density at radius 3 is 2.10 bits per heavy atom. The van der Waals surface area contributed by atoms with Crippen molar-refractivity contribution in [2.45, 2.75) is 37.0 Å². The first kappa shape index (κ1) is 19.1. The van der Waals surface area contributed by atoms with Crippen LogP contribution in [0.1, 0.15) is 48.8 Å². The highest BCUT2D eigenvalue weighted by atomic mass is 32.2. The Kier molecular flexibility index (Phi) is 5.18. The lowest BCUT2D eigenvalue weighted by Crippen LogP contribution is -2.13. The van der Waals surface area contributed by atoms with Crippen molar-refractivity contribution in [2.24, 2.45) is 4.99 Å². The van der Waals surface area contributed by atoms with Crippen LogP contribution in [-0.4, -0.2) is 5.71 Å². The van der Waals surface area contributed by atoms with E-state index in [2.05, 4.69) is 105 Å². The van der Waals surface area contributed by atoms with Gasteiger partial charge in [0.1, 0.15) is 0 Å². The predicted molar refractivity (Wildman–Crippen MR) is 129 cm³/mol. The number of benzene rings is 3. The molecule has 0 N–H and O–H groups in total. The maximum absolute atomic E-state index is 5.12. The number of allylic oxidation sites excluding steroid dienone is 4. The lowest BCUT2D eigenvalue weighted by molar-refractivity contribution is 0.868. The Morgan fingerprint density at radius 2 is 1.40 bits per heavy atom. The van der Waals surface area contributed by atoms with Gasteiger partial charge in [0.2, 0.25) is 0 Å². The largest absolute Gasteiger partial charge is 0.251 e. The molecule has 1 heterocycles. The first-order chi connectivity index (χ1) is 14.7. The third-order valence-corrected chi connectivity index (χ3v) is 7.46. The number of aliphatic imine (C=N–C) groups is 1. The fraction of sp³-hybridized carbons (Fsp3) is 0.179. The van der Waals surface area contributed by atoms with Crippen LogP contribution in [-0.2, 0) is 0 Å². The molecule has 30 heavy (non-hydrogen) atoms. The van der Waals surface area contributed by atoms with Gasteiger partial charge in [0.25, 0.3) is 0 Å². The van der Waals surface area contributed by atoms with Crippen molar-refractivity contribution in [2.75, 3.05) is 0 Å². The molecule has 5 rings (SSSR count). The van der Waals surface area contributed by atoms with Crippen LogP contribution in [0.25, 0.3) is 0 Å². The third-order valence-electron chi connectivity index (χ3n) is 6.22. The second-order valence-electron chi connectivity index (χ2n) is 8.07. The first-order valence-corrected chi connectivity index (χ1v) is 11.4. The van der Waals surface area contributed by atoms with Crippen LogP contribution in [0.3, 0.4) is 0 Å². The molecule has 0 aromatic heterocycles. The molecule has 3 aromatic carbocycles. The van der Waals surface area contributed by atoms with Crippen LogP contribution in [0.2, 0.25) is 0 Å². The van der Waals surface area contributed by atoms with E-state index in [9.17, 15) is 0 Å². The molecule has 0 fully saturated rings. The highest BCUT2D eigenvalue weighted by Crippen LogP contribution is 2.48. The zero-order chi connectivity index (χ0) is 20.5. The molecule has 0 amide bonds. The molecule has 148 valence electrons. The predicted octanol–water partition coefficient (Wildman–Crippen LogP) is 8.03. The number of rotatable bonds is 4. The molecule has 0 radical (unpaired) electrons. The monoisotopic (exact) mass is 407 g/mol. The molecule has 0 spiro atoms. The minimum atomic E-state index is 0.346. The van der Waals surface area contributed by atoms with E-state index < -0.39 is 0 Å². The van der Waals surface area contributed by atoms with Gasteiger partial charge in [0.05, 0.1) is 11.4 Å². The van der Waals surface area contributed by atoms with Gasteiger partial charge in [-0.2, -0.15) is 0 Å². The summed E-state index contributed by atoms with van der Waals surface area (Å²) in [4.78, 5) is 7.71. The van der Waals surface area contributed by atoms with Gasteiger partial charge in [-0.05, 0) is 28.8 Å². The molecule has 0 saturated carbocycles. The number of hydrogen-bond acceptors (Lipinski definition) is 2. The first-order valence-electron chi connectivity index (χ1n) is 10.6. The van der Waals surface area contributed by atoms with Crippen molar-refractivity contribution < 1.29 is 0 Å². The summed E-state index contributed by atoms with van der Waals surface area (Å²) in [5.74, 6) is 0.751. The van der Waals surface area contributed by atoms with Crippen molar-refractivity contribution in [1.29, 1.82) is 0 Å². The van der Waals surface area contributed by atoms with Crippen LogP contribution >= 0.6 is 11.8 Å². The van der Waals surface area contributed by atoms with Gasteiger partial charge in [-0.1, -0.05) is 110 Å². The Hall–Kier alpha value is -2.84. The maximum atomic E-state index is 5.12.